The van der Waals surface area contributed by atoms with Crippen LogP contribution in [0.1, 0.15) is 5.56 Å². The van der Waals surface area contributed by atoms with E-state index in [1.807, 2.05) is 0 Å². The molecule has 16 heavy (non-hydrogen) atoms. The van der Waals surface area contributed by atoms with E-state index < -0.39 is 17.9 Å². The second-order valence-electron chi connectivity index (χ2n) is 3.21. The number of hydrogen-bond donors (Lipinski definition) is 2. The molecule has 1 atom stereocenters. The Morgan fingerprint density at radius 1 is 1.44 bits per heavy atom. The lowest BCUT2D eigenvalue weighted by molar-refractivity contribution is -0.154. The topological polar surface area (TPSA) is 72.5 Å². The van der Waals surface area contributed by atoms with E-state index in [0.717, 1.165) is 19.2 Å². The summed E-state index contributed by atoms with van der Waals surface area (Å²) in [6, 6.07) is 4.64. The molecule has 0 aliphatic rings. The standard InChI is InChI=1S/C10H11F2NO3/c1-16-9(15)10(13,8(11)12)6-2-4-7(14)5-3-6/h2-5,8,14H,13H2,1H3. The summed E-state index contributed by atoms with van der Waals surface area (Å²) in [5, 5.41) is 9.01. The summed E-state index contributed by atoms with van der Waals surface area (Å²) in [6.45, 7) is 0. The van der Waals surface area contributed by atoms with Crippen LogP contribution in [0.3, 0.4) is 0 Å². The van der Waals surface area contributed by atoms with Crippen molar-refractivity contribution in [2.24, 2.45) is 5.73 Å². The third-order valence-electron chi connectivity index (χ3n) is 2.21. The predicted molar refractivity (Wildman–Crippen MR) is 52.0 cm³/mol. The second kappa shape index (κ2) is 4.44. The predicted octanol–water partition coefficient (Wildman–Crippen LogP) is 0.984. The maximum absolute atomic E-state index is 12.8. The van der Waals surface area contributed by atoms with Crippen LogP contribution in [0.4, 0.5) is 8.78 Å². The molecule has 1 unspecified atom stereocenters. The minimum Gasteiger partial charge on any atom is -0.508 e. The highest BCUT2D eigenvalue weighted by molar-refractivity contribution is 5.83. The Balaban J connectivity index is 3.21. The fourth-order valence-electron chi connectivity index (χ4n) is 1.24. The van der Waals surface area contributed by atoms with E-state index in [2.05, 4.69) is 4.74 Å². The highest BCUT2D eigenvalue weighted by Gasteiger charge is 2.46. The van der Waals surface area contributed by atoms with Crippen LogP contribution in [-0.4, -0.2) is 24.6 Å². The molecular formula is C10H11F2NO3. The summed E-state index contributed by atoms with van der Waals surface area (Å²) >= 11 is 0. The molecule has 0 aromatic heterocycles. The third kappa shape index (κ3) is 1.96. The monoisotopic (exact) mass is 231 g/mol. The number of aromatic hydroxyl groups is 1. The molecule has 1 rings (SSSR count). The van der Waals surface area contributed by atoms with Crippen molar-refractivity contribution >= 4 is 5.97 Å². The number of phenolic OH excluding ortho intramolecular Hbond substituents is 1. The first kappa shape index (κ1) is 12.4. The van der Waals surface area contributed by atoms with Gasteiger partial charge in [0.25, 0.3) is 6.43 Å². The fourth-order valence-corrected chi connectivity index (χ4v) is 1.24. The molecule has 0 aliphatic carbocycles. The van der Waals surface area contributed by atoms with Crippen molar-refractivity contribution < 1.29 is 23.4 Å². The van der Waals surface area contributed by atoms with E-state index in [1.54, 1.807) is 0 Å². The van der Waals surface area contributed by atoms with Crippen LogP contribution in [0.5, 0.6) is 5.75 Å². The Morgan fingerprint density at radius 2 is 1.94 bits per heavy atom. The molecule has 6 heteroatoms. The van der Waals surface area contributed by atoms with Gasteiger partial charge in [0.2, 0.25) is 5.54 Å². The summed E-state index contributed by atoms with van der Waals surface area (Å²) in [5.41, 5.74) is 2.73. The first-order valence-corrected chi connectivity index (χ1v) is 4.38. The van der Waals surface area contributed by atoms with Crippen LogP contribution in [0.2, 0.25) is 0 Å². The summed E-state index contributed by atoms with van der Waals surface area (Å²) in [7, 11) is 0.979. The van der Waals surface area contributed by atoms with Crippen molar-refractivity contribution in [2.75, 3.05) is 7.11 Å². The Kier molecular flexibility index (Phi) is 3.44. The molecular weight excluding hydrogens is 220 g/mol. The quantitative estimate of drug-likeness (QED) is 0.761. The van der Waals surface area contributed by atoms with Crippen LogP contribution < -0.4 is 5.73 Å². The molecule has 0 aliphatic heterocycles. The summed E-state index contributed by atoms with van der Waals surface area (Å²) < 4.78 is 29.9. The number of halogens is 2. The zero-order chi connectivity index (χ0) is 12.3. The van der Waals surface area contributed by atoms with Crippen LogP contribution >= 0.6 is 0 Å². The largest absolute Gasteiger partial charge is 0.508 e. The molecule has 4 nitrogen and oxygen atoms in total. The number of ether oxygens (including phenoxy) is 1. The number of benzene rings is 1. The molecule has 0 heterocycles. The van der Waals surface area contributed by atoms with Gasteiger partial charge < -0.3 is 15.6 Å². The zero-order valence-electron chi connectivity index (χ0n) is 8.48. The van der Waals surface area contributed by atoms with Crippen molar-refractivity contribution in [1.82, 2.24) is 0 Å². The number of alkyl halides is 2. The number of esters is 1. The van der Waals surface area contributed by atoms with Gasteiger partial charge in [-0.25, -0.2) is 13.6 Å². The van der Waals surface area contributed by atoms with Crippen LogP contribution in [-0.2, 0) is 15.1 Å². The lowest BCUT2D eigenvalue weighted by Gasteiger charge is -2.25. The van der Waals surface area contributed by atoms with Gasteiger partial charge in [-0.3, -0.25) is 0 Å². The maximum Gasteiger partial charge on any atom is 0.336 e. The van der Waals surface area contributed by atoms with Gasteiger partial charge in [0.1, 0.15) is 5.75 Å². The number of rotatable bonds is 3. The van der Waals surface area contributed by atoms with Crippen molar-refractivity contribution in [2.45, 2.75) is 12.0 Å². The molecule has 0 radical (unpaired) electrons. The summed E-state index contributed by atoms with van der Waals surface area (Å²) in [5.74, 6) is -1.33. The van der Waals surface area contributed by atoms with E-state index in [-0.39, 0.29) is 11.3 Å². The molecule has 0 bridgehead atoms. The van der Waals surface area contributed by atoms with Gasteiger partial charge in [0.05, 0.1) is 7.11 Å². The van der Waals surface area contributed by atoms with Gasteiger partial charge in [0, 0.05) is 0 Å². The van der Waals surface area contributed by atoms with Gasteiger partial charge >= 0.3 is 5.97 Å². The first-order valence-electron chi connectivity index (χ1n) is 4.38. The number of phenols is 1. The lowest BCUT2D eigenvalue weighted by Crippen LogP contribution is -2.51. The van der Waals surface area contributed by atoms with E-state index in [1.165, 1.54) is 12.1 Å². The van der Waals surface area contributed by atoms with E-state index in [0.29, 0.717) is 0 Å². The normalized spacial score (nSPS) is 14.6. The number of hydrogen-bond acceptors (Lipinski definition) is 4. The molecule has 88 valence electrons. The Morgan fingerprint density at radius 3 is 2.31 bits per heavy atom. The van der Waals surface area contributed by atoms with Crippen LogP contribution in [0.25, 0.3) is 0 Å². The first-order chi connectivity index (χ1) is 7.42. The lowest BCUT2D eigenvalue weighted by atomic mass is 9.91. The third-order valence-corrected chi connectivity index (χ3v) is 2.21. The minimum atomic E-state index is -3.11. The Bertz CT molecular complexity index is 380. The number of carbonyl (C=O) groups is 1. The molecule has 1 aromatic carbocycles. The minimum absolute atomic E-state index is 0.106. The van der Waals surface area contributed by atoms with Crippen molar-refractivity contribution in [3.63, 3.8) is 0 Å². The van der Waals surface area contributed by atoms with E-state index >= 15 is 0 Å². The number of carbonyl (C=O) groups excluding carboxylic acids is 1. The molecule has 0 saturated heterocycles. The van der Waals surface area contributed by atoms with Crippen LogP contribution in [0, 0.1) is 0 Å². The summed E-state index contributed by atoms with van der Waals surface area (Å²) in [4.78, 5) is 11.3. The number of methoxy groups -OCH3 is 1. The molecule has 1 aromatic rings. The highest BCUT2D eigenvalue weighted by Crippen LogP contribution is 2.28. The molecule has 3 N–H and O–H groups in total. The maximum atomic E-state index is 12.8. The summed E-state index contributed by atoms with van der Waals surface area (Å²) in [6.07, 6.45) is -3.11. The Labute approximate surface area is 90.6 Å². The average molecular weight is 231 g/mol. The van der Waals surface area contributed by atoms with E-state index in [4.69, 9.17) is 10.8 Å². The molecule has 0 fully saturated rings. The second-order valence-corrected chi connectivity index (χ2v) is 3.21. The van der Waals surface area contributed by atoms with Crippen LogP contribution in [0.15, 0.2) is 24.3 Å². The SMILES string of the molecule is COC(=O)C(N)(c1ccc(O)cc1)C(F)F. The van der Waals surface area contributed by atoms with Gasteiger partial charge in [-0.15, -0.1) is 0 Å². The highest BCUT2D eigenvalue weighted by atomic mass is 19.3. The van der Waals surface area contributed by atoms with E-state index in [9.17, 15) is 13.6 Å². The van der Waals surface area contributed by atoms with Crippen molar-refractivity contribution in [3.8, 4) is 5.75 Å². The number of nitrogens with two attached hydrogens (primary N) is 1. The molecule has 0 spiro atoms. The van der Waals surface area contributed by atoms with Gasteiger partial charge in [-0.05, 0) is 17.7 Å². The van der Waals surface area contributed by atoms with Crippen molar-refractivity contribution in [3.05, 3.63) is 29.8 Å². The smallest absolute Gasteiger partial charge is 0.336 e. The van der Waals surface area contributed by atoms with Gasteiger partial charge in [-0.2, -0.15) is 0 Å². The molecule has 0 amide bonds. The van der Waals surface area contributed by atoms with Gasteiger partial charge in [0.15, 0.2) is 0 Å². The Hall–Kier alpha value is -1.69. The average Bonchev–Trinajstić information content (AvgIpc) is 2.27. The zero-order valence-corrected chi connectivity index (χ0v) is 8.48. The molecule has 0 saturated carbocycles. The van der Waals surface area contributed by atoms with Crippen molar-refractivity contribution in [1.29, 1.82) is 0 Å². The van der Waals surface area contributed by atoms with Gasteiger partial charge in [-0.1, -0.05) is 12.1 Å². The fraction of sp³-hybridized carbons (Fsp3) is 0.300.